The molecule has 3 aromatic carbocycles. The van der Waals surface area contributed by atoms with E-state index in [0.717, 1.165) is 4.47 Å². The standard InChI is InChI=1S/C24H18BrFN2O2/c1-16-21(24(29)28(27-16)20-8-3-2-4-9-20)14-18-13-19(25)11-12-23(18)30-15-17-7-5-6-10-22(17)26/h2-14H,15H2,1H3/b21-14+. The molecule has 4 nitrogen and oxygen atoms in total. The third-order valence-electron chi connectivity index (χ3n) is 4.68. The van der Waals surface area contributed by atoms with E-state index in [1.807, 2.05) is 42.5 Å². The first-order valence-electron chi connectivity index (χ1n) is 9.35. The van der Waals surface area contributed by atoms with Gasteiger partial charge in [-0.2, -0.15) is 10.1 Å². The smallest absolute Gasteiger partial charge is 0.280 e. The molecule has 150 valence electrons. The third-order valence-corrected chi connectivity index (χ3v) is 5.17. The number of hydrazone groups is 1. The topological polar surface area (TPSA) is 41.9 Å². The van der Waals surface area contributed by atoms with Crippen molar-refractivity contribution >= 4 is 39.3 Å². The van der Waals surface area contributed by atoms with E-state index in [1.54, 1.807) is 37.3 Å². The van der Waals surface area contributed by atoms with E-state index in [-0.39, 0.29) is 18.3 Å². The number of rotatable bonds is 5. The summed E-state index contributed by atoms with van der Waals surface area (Å²) in [7, 11) is 0. The molecule has 0 aromatic heterocycles. The number of hydrogen-bond donors (Lipinski definition) is 0. The Balaban J connectivity index is 1.63. The molecule has 0 N–H and O–H groups in total. The molecule has 1 aliphatic rings. The molecule has 0 atom stereocenters. The van der Waals surface area contributed by atoms with E-state index >= 15 is 0 Å². The molecule has 0 aliphatic carbocycles. The normalized spacial score (nSPS) is 14.9. The van der Waals surface area contributed by atoms with Crippen molar-refractivity contribution < 1.29 is 13.9 Å². The van der Waals surface area contributed by atoms with Crippen molar-refractivity contribution in [1.29, 1.82) is 0 Å². The molecule has 1 heterocycles. The molecule has 30 heavy (non-hydrogen) atoms. The second-order valence-corrected chi connectivity index (χ2v) is 7.67. The minimum Gasteiger partial charge on any atom is -0.488 e. The first-order valence-corrected chi connectivity index (χ1v) is 10.1. The number of benzene rings is 3. The minimum atomic E-state index is -0.318. The molecule has 0 fully saturated rings. The van der Waals surface area contributed by atoms with E-state index in [0.29, 0.717) is 33.8 Å². The summed E-state index contributed by atoms with van der Waals surface area (Å²) in [6, 6.07) is 21.2. The lowest BCUT2D eigenvalue weighted by Gasteiger charge is -2.12. The van der Waals surface area contributed by atoms with Crippen LogP contribution in [-0.2, 0) is 11.4 Å². The Morgan fingerprint density at radius 1 is 1.07 bits per heavy atom. The van der Waals surface area contributed by atoms with Gasteiger partial charge in [-0.3, -0.25) is 4.79 Å². The zero-order valence-electron chi connectivity index (χ0n) is 16.2. The molecular formula is C24H18BrFN2O2. The van der Waals surface area contributed by atoms with Gasteiger partial charge in [0.2, 0.25) is 0 Å². The van der Waals surface area contributed by atoms with E-state index in [9.17, 15) is 9.18 Å². The summed E-state index contributed by atoms with van der Waals surface area (Å²) in [6.45, 7) is 1.88. The molecule has 0 spiro atoms. The van der Waals surface area contributed by atoms with E-state index in [1.165, 1.54) is 11.1 Å². The van der Waals surface area contributed by atoms with Gasteiger partial charge in [-0.15, -0.1) is 0 Å². The maximum atomic E-state index is 13.9. The van der Waals surface area contributed by atoms with Crippen molar-refractivity contribution in [3.63, 3.8) is 0 Å². The summed E-state index contributed by atoms with van der Waals surface area (Å²) >= 11 is 3.46. The van der Waals surface area contributed by atoms with Crippen LogP contribution in [0.5, 0.6) is 5.75 Å². The SMILES string of the molecule is CC1=NN(c2ccccc2)C(=O)/C1=C/c1cc(Br)ccc1OCc1ccccc1F. The molecule has 0 saturated carbocycles. The van der Waals surface area contributed by atoms with Gasteiger partial charge in [0.15, 0.2) is 0 Å². The fourth-order valence-electron chi connectivity index (χ4n) is 3.12. The summed E-state index contributed by atoms with van der Waals surface area (Å²) in [5, 5.41) is 5.79. The van der Waals surface area contributed by atoms with Crippen molar-refractivity contribution in [3.05, 3.63) is 99.8 Å². The maximum absolute atomic E-state index is 13.9. The van der Waals surface area contributed by atoms with Crippen LogP contribution in [0.25, 0.3) is 6.08 Å². The number of para-hydroxylation sites is 1. The quantitative estimate of drug-likeness (QED) is 0.436. The highest BCUT2D eigenvalue weighted by Gasteiger charge is 2.28. The first kappa shape index (κ1) is 20.0. The highest BCUT2D eigenvalue weighted by molar-refractivity contribution is 9.10. The van der Waals surface area contributed by atoms with Crippen LogP contribution in [0.3, 0.4) is 0 Å². The summed E-state index contributed by atoms with van der Waals surface area (Å²) in [4.78, 5) is 13.0. The van der Waals surface area contributed by atoms with Crippen molar-refractivity contribution in [3.8, 4) is 5.75 Å². The Morgan fingerprint density at radius 3 is 2.57 bits per heavy atom. The second kappa shape index (κ2) is 8.63. The lowest BCUT2D eigenvalue weighted by atomic mass is 10.1. The Bertz CT molecular complexity index is 1160. The van der Waals surface area contributed by atoms with Crippen molar-refractivity contribution in [1.82, 2.24) is 0 Å². The average molecular weight is 465 g/mol. The molecule has 6 heteroatoms. The Labute approximate surface area is 182 Å². The molecule has 0 saturated heterocycles. The Morgan fingerprint density at radius 2 is 1.80 bits per heavy atom. The summed E-state index contributed by atoms with van der Waals surface area (Å²) < 4.78 is 20.6. The zero-order chi connectivity index (χ0) is 21.1. The molecule has 1 aliphatic heterocycles. The van der Waals surface area contributed by atoms with Gasteiger partial charge in [0.05, 0.1) is 17.0 Å². The maximum Gasteiger partial charge on any atom is 0.280 e. The summed E-state index contributed by atoms with van der Waals surface area (Å²) in [5.74, 6) is 0.0217. The van der Waals surface area contributed by atoms with Crippen LogP contribution in [-0.4, -0.2) is 11.6 Å². The molecule has 0 radical (unpaired) electrons. The van der Waals surface area contributed by atoms with E-state index in [2.05, 4.69) is 21.0 Å². The number of anilines is 1. The van der Waals surface area contributed by atoms with Crippen molar-refractivity contribution in [2.75, 3.05) is 5.01 Å². The number of ether oxygens (including phenoxy) is 1. The largest absolute Gasteiger partial charge is 0.488 e. The van der Waals surface area contributed by atoms with Crippen LogP contribution in [0.2, 0.25) is 0 Å². The van der Waals surface area contributed by atoms with Gasteiger partial charge < -0.3 is 4.74 Å². The molecule has 0 unspecified atom stereocenters. The van der Waals surface area contributed by atoms with Gasteiger partial charge in [0.25, 0.3) is 5.91 Å². The van der Waals surface area contributed by atoms with Gasteiger partial charge in [-0.1, -0.05) is 52.3 Å². The van der Waals surface area contributed by atoms with Crippen LogP contribution in [0.4, 0.5) is 10.1 Å². The fourth-order valence-corrected chi connectivity index (χ4v) is 3.50. The number of nitrogens with zero attached hydrogens (tertiary/aromatic N) is 2. The first-order chi connectivity index (χ1) is 14.5. The third kappa shape index (κ3) is 4.19. The number of hydrogen-bond acceptors (Lipinski definition) is 3. The van der Waals surface area contributed by atoms with Crippen LogP contribution < -0.4 is 9.75 Å². The van der Waals surface area contributed by atoms with Gasteiger partial charge in [0.1, 0.15) is 18.2 Å². The zero-order valence-corrected chi connectivity index (χ0v) is 17.8. The van der Waals surface area contributed by atoms with Crippen LogP contribution >= 0.6 is 15.9 Å². The van der Waals surface area contributed by atoms with Crippen LogP contribution in [0.1, 0.15) is 18.1 Å². The number of halogens is 2. The van der Waals surface area contributed by atoms with Crippen molar-refractivity contribution in [2.45, 2.75) is 13.5 Å². The second-order valence-electron chi connectivity index (χ2n) is 6.76. The van der Waals surface area contributed by atoms with E-state index in [4.69, 9.17) is 4.74 Å². The average Bonchev–Trinajstić information content (AvgIpc) is 3.03. The highest BCUT2D eigenvalue weighted by atomic mass is 79.9. The van der Waals surface area contributed by atoms with Crippen molar-refractivity contribution in [2.24, 2.45) is 5.10 Å². The van der Waals surface area contributed by atoms with Gasteiger partial charge in [-0.05, 0) is 49.4 Å². The lowest BCUT2D eigenvalue weighted by Crippen LogP contribution is -2.21. The molecule has 4 rings (SSSR count). The molecular weight excluding hydrogens is 447 g/mol. The molecule has 3 aromatic rings. The highest BCUT2D eigenvalue weighted by Crippen LogP contribution is 2.30. The predicted molar refractivity (Wildman–Crippen MR) is 120 cm³/mol. The van der Waals surface area contributed by atoms with E-state index < -0.39 is 0 Å². The molecule has 0 bridgehead atoms. The predicted octanol–water partition coefficient (Wildman–Crippen LogP) is 5.97. The monoisotopic (exact) mass is 464 g/mol. The van der Waals surface area contributed by atoms with Gasteiger partial charge in [0, 0.05) is 15.6 Å². The number of carbonyl (C=O) groups is 1. The summed E-state index contributed by atoms with van der Waals surface area (Å²) in [5.41, 5.74) is 2.96. The van der Waals surface area contributed by atoms with Gasteiger partial charge in [-0.25, -0.2) is 4.39 Å². The van der Waals surface area contributed by atoms with Gasteiger partial charge >= 0.3 is 0 Å². The minimum absolute atomic E-state index is 0.0850. The summed E-state index contributed by atoms with van der Waals surface area (Å²) in [6.07, 6.45) is 1.76. The van der Waals surface area contributed by atoms with Crippen LogP contribution in [0, 0.1) is 5.82 Å². The fraction of sp³-hybridized carbons (Fsp3) is 0.0833. The number of carbonyl (C=O) groups excluding carboxylic acids is 1. The Hall–Kier alpha value is -3.25. The molecule has 1 amide bonds. The van der Waals surface area contributed by atoms with Crippen LogP contribution in [0.15, 0.2) is 87.9 Å². The Kier molecular flexibility index (Phi) is 5.77. The number of amides is 1. The lowest BCUT2D eigenvalue weighted by molar-refractivity contribution is -0.114.